The van der Waals surface area contributed by atoms with Crippen molar-refractivity contribution >= 4 is 21.4 Å². The second-order valence-electron chi connectivity index (χ2n) is 8.22. The molecular weight excluding hydrogens is 436 g/mol. The van der Waals surface area contributed by atoms with Crippen LogP contribution in [0.25, 0.3) is 0 Å². The van der Waals surface area contributed by atoms with E-state index in [2.05, 4.69) is 17.9 Å². The molecule has 2 aromatic rings. The maximum Gasteiger partial charge on any atom is 0.175 e. The molecule has 2 aromatic carbocycles. The van der Waals surface area contributed by atoms with Crippen LogP contribution in [0.1, 0.15) is 30.4 Å². The van der Waals surface area contributed by atoms with Crippen LogP contribution in [-0.4, -0.2) is 57.0 Å². The van der Waals surface area contributed by atoms with Gasteiger partial charge in [0.05, 0.1) is 29.7 Å². The minimum Gasteiger partial charge on any atom is -0.493 e. The van der Waals surface area contributed by atoms with Gasteiger partial charge in [0, 0.05) is 42.2 Å². The number of benzene rings is 2. The van der Waals surface area contributed by atoms with E-state index in [9.17, 15) is 18.8 Å². The normalized spacial score (nSPS) is 20.4. The van der Waals surface area contributed by atoms with Crippen molar-refractivity contribution in [1.29, 1.82) is 5.26 Å². The maximum atomic E-state index is 11.6. The Bertz CT molecular complexity index is 1050. The lowest BCUT2D eigenvalue weighted by atomic mass is 9.97. The summed E-state index contributed by atoms with van der Waals surface area (Å²) >= 11 is 6.14. The molecule has 0 spiro atoms. The molecule has 166 valence electrons. The summed E-state index contributed by atoms with van der Waals surface area (Å²) in [6.07, 6.45) is 2.15. The van der Waals surface area contributed by atoms with Crippen molar-refractivity contribution in [2.45, 2.75) is 30.2 Å². The third-order valence-electron chi connectivity index (χ3n) is 5.72. The van der Waals surface area contributed by atoms with Crippen LogP contribution in [-0.2, 0) is 9.84 Å². The molecule has 31 heavy (non-hydrogen) atoms. The molecule has 0 unspecified atom stereocenters. The van der Waals surface area contributed by atoms with Crippen LogP contribution in [0.5, 0.6) is 5.75 Å². The first-order valence-corrected chi connectivity index (χ1v) is 12.4. The molecule has 1 saturated heterocycles. The Labute approximate surface area is 188 Å². The van der Waals surface area contributed by atoms with Crippen LogP contribution in [0, 0.1) is 17.2 Å². The number of halogens is 1. The number of aliphatic hydroxyl groups excluding tert-OH is 1. The topological polar surface area (TPSA) is 90.6 Å². The molecule has 1 fully saturated rings. The smallest absolute Gasteiger partial charge is 0.175 e. The van der Waals surface area contributed by atoms with Gasteiger partial charge < -0.3 is 9.84 Å². The third-order valence-corrected chi connectivity index (χ3v) is 7.07. The van der Waals surface area contributed by atoms with Gasteiger partial charge >= 0.3 is 0 Å². The van der Waals surface area contributed by atoms with E-state index in [1.807, 2.05) is 6.07 Å². The molecule has 8 heteroatoms. The number of hydrogen-bond donors (Lipinski definition) is 1. The van der Waals surface area contributed by atoms with E-state index < -0.39 is 9.84 Å². The van der Waals surface area contributed by atoms with E-state index in [-0.39, 0.29) is 17.4 Å². The summed E-state index contributed by atoms with van der Waals surface area (Å²) in [6, 6.07) is 14.1. The minimum absolute atomic E-state index is 0.0255. The molecule has 0 radical (unpaired) electrons. The van der Waals surface area contributed by atoms with Crippen LogP contribution in [0.4, 0.5) is 0 Å². The largest absolute Gasteiger partial charge is 0.493 e. The molecule has 3 rings (SSSR count). The number of likely N-dealkylation sites (tertiary alicyclic amines) is 1. The summed E-state index contributed by atoms with van der Waals surface area (Å²) in [4.78, 5) is 2.60. The molecule has 1 heterocycles. The van der Waals surface area contributed by atoms with E-state index >= 15 is 0 Å². The van der Waals surface area contributed by atoms with Gasteiger partial charge in [0.25, 0.3) is 0 Å². The molecular formula is C23H27ClN2O4S. The lowest BCUT2D eigenvalue weighted by molar-refractivity contribution is 0.188. The van der Waals surface area contributed by atoms with E-state index in [0.29, 0.717) is 41.4 Å². The van der Waals surface area contributed by atoms with Crippen molar-refractivity contribution in [3.05, 3.63) is 58.6 Å². The molecule has 0 amide bonds. The Morgan fingerprint density at radius 2 is 2.00 bits per heavy atom. The number of nitriles is 1. The summed E-state index contributed by atoms with van der Waals surface area (Å²) in [6.45, 7) is 4.18. The van der Waals surface area contributed by atoms with E-state index in [1.54, 1.807) is 36.4 Å². The molecule has 0 aliphatic carbocycles. The molecule has 1 aliphatic rings. The predicted octanol–water partition coefficient (Wildman–Crippen LogP) is 3.48. The first-order chi connectivity index (χ1) is 14.7. The molecule has 3 atom stereocenters. The highest BCUT2D eigenvalue weighted by Gasteiger charge is 2.31. The Hall–Kier alpha value is -2.11. The second kappa shape index (κ2) is 10.0. The summed E-state index contributed by atoms with van der Waals surface area (Å²) in [5, 5.41) is 19.6. The second-order valence-corrected chi connectivity index (χ2v) is 10.7. The number of ether oxygens (including phenoxy) is 1. The zero-order valence-electron chi connectivity index (χ0n) is 17.7. The first-order valence-electron chi connectivity index (χ1n) is 10.2. The van der Waals surface area contributed by atoms with E-state index in [4.69, 9.17) is 16.3 Å². The minimum atomic E-state index is -3.22. The van der Waals surface area contributed by atoms with Crippen LogP contribution in [0.15, 0.2) is 47.4 Å². The van der Waals surface area contributed by atoms with Gasteiger partial charge in [-0.05, 0) is 61.4 Å². The Balaban J connectivity index is 1.59. The standard InChI is InChI=1S/C23H27ClN2O4S/c1-16-7-18(15-30-22-3-5-23(6-4-22)31(2,28)29)12-26(16)13-20(14-27)19-8-17(11-25)9-21(24)10-19/h3-6,8-10,16,18,20,27H,7,12-15H2,1-2H3/t16-,18+,20+/m1/s1. The van der Waals surface area contributed by atoms with Crippen molar-refractivity contribution in [3.63, 3.8) is 0 Å². The molecule has 1 N–H and O–H groups in total. The van der Waals surface area contributed by atoms with Gasteiger partial charge in [-0.1, -0.05) is 11.6 Å². The van der Waals surface area contributed by atoms with Crippen molar-refractivity contribution < 1.29 is 18.3 Å². The summed E-state index contributed by atoms with van der Waals surface area (Å²) in [7, 11) is -3.22. The number of aliphatic hydroxyl groups is 1. The number of sulfone groups is 1. The van der Waals surface area contributed by atoms with E-state index in [1.165, 1.54) is 6.26 Å². The zero-order valence-corrected chi connectivity index (χ0v) is 19.2. The average molecular weight is 463 g/mol. The Morgan fingerprint density at radius 1 is 1.29 bits per heavy atom. The maximum absolute atomic E-state index is 11.6. The predicted molar refractivity (Wildman–Crippen MR) is 120 cm³/mol. The first kappa shape index (κ1) is 23.6. The summed E-state index contributed by atoms with van der Waals surface area (Å²) < 4.78 is 29.0. The Morgan fingerprint density at radius 3 is 2.61 bits per heavy atom. The third kappa shape index (κ3) is 6.20. The van der Waals surface area contributed by atoms with E-state index in [0.717, 1.165) is 18.5 Å². The average Bonchev–Trinajstić information content (AvgIpc) is 3.08. The lowest BCUT2D eigenvalue weighted by Gasteiger charge is -2.26. The van der Waals surface area contributed by atoms with Crippen LogP contribution in [0.2, 0.25) is 5.02 Å². The summed E-state index contributed by atoms with van der Waals surface area (Å²) in [5.41, 5.74) is 1.35. The fourth-order valence-electron chi connectivity index (χ4n) is 4.05. The van der Waals surface area contributed by atoms with Gasteiger partial charge in [0.2, 0.25) is 0 Å². The van der Waals surface area contributed by atoms with Crippen LogP contribution >= 0.6 is 11.6 Å². The van der Waals surface area contributed by atoms with Gasteiger partial charge in [0.15, 0.2) is 9.84 Å². The monoisotopic (exact) mass is 462 g/mol. The van der Waals surface area contributed by atoms with Gasteiger partial charge in [-0.15, -0.1) is 0 Å². The van der Waals surface area contributed by atoms with Gasteiger partial charge in [-0.25, -0.2) is 8.42 Å². The fraction of sp³-hybridized carbons (Fsp3) is 0.435. The van der Waals surface area contributed by atoms with Gasteiger partial charge in [-0.3, -0.25) is 4.90 Å². The zero-order chi connectivity index (χ0) is 22.6. The van der Waals surface area contributed by atoms with Crippen molar-refractivity contribution in [2.75, 3.05) is 32.6 Å². The number of hydrogen-bond acceptors (Lipinski definition) is 6. The molecule has 6 nitrogen and oxygen atoms in total. The Kier molecular flexibility index (Phi) is 7.60. The number of rotatable bonds is 8. The highest BCUT2D eigenvalue weighted by molar-refractivity contribution is 7.90. The van der Waals surface area contributed by atoms with Crippen molar-refractivity contribution in [1.82, 2.24) is 4.90 Å². The quantitative estimate of drug-likeness (QED) is 0.645. The molecule has 0 bridgehead atoms. The summed E-state index contributed by atoms with van der Waals surface area (Å²) in [5.74, 6) is 0.851. The molecule has 1 aliphatic heterocycles. The highest BCUT2D eigenvalue weighted by atomic mass is 35.5. The van der Waals surface area contributed by atoms with Crippen molar-refractivity contribution in [2.24, 2.45) is 5.92 Å². The SMILES string of the molecule is C[C@@H]1C[C@H](COc2ccc(S(C)(=O)=O)cc2)CN1C[C@@H](CO)c1cc(Cl)cc(C#N)c1. The number of nitrogens with zero attached hydrogens (tertiary/aromatic N) is 2. The molecule has 0 aromatic heterocycles. The highest BCUT2D eigenvalue weighted by Crippen LogP contribution is 2.29. The van der Waals surface area contributed by atoms with Crippen LogP contribution < -0.4 is 4.74 Å². The van der Waals surface area contributed by atoms with Crippen molar-refractivity contribution in [3.8, 4) is 11.8 Å². The van der Waals surface area contributed by atoms with Gasteiger partial charge in [-0.2, -0.15) is 5.26 Å². The fourth-order valence-corrected chi connectivity index (χ4v) is 4.93. The van der Waals surface area contributed by atoms with Crippen LogP contribution in [0.3, 0.4) is 0 Å². The van der Waals surface area contributed by atoms with Gasteiger partial charge in [0.1, 0.15) is 5.75 Å². The lowest BCUT2D eigenvalue weighted by Crippen LogP contribution is -2.33. The molecule has 0 saturated carbocycles.